The van der Waals surface area contributed by atoms with Crippen molar-refractivity contribution in [2.45, 2.75) is 39.9 Å². The molecular weight excluding hydrogens is 406 g/mol. The highest BCUT2D eigenvalue weighted by Crippen LogP contribution is 2.34. The summed E-state index contributed by atoms with van der Waals surface area (Å²) < 4.78 is 27.4. The van der Waals surface area contributed by atoms with E-state index in [9.17, 15) is 14.9 Å². The molecule has 3 rings (SSSR count). The second-order valence-corrected chi connectivity index (χ2v) is 6.83. The number of fused-ring (bicyclic) bond motifs is 1. The quantitative estimate of drug-likeness (QED) is 0.236. The first-order chi connectivity index (χ1) is 15.0. The molecule has 0 saturated carbocycles. The van der Waals surface area contributed by atoms with Crippen LogP contribution in [0, 0.1) is 10.1 Å². The number of carbonyl (C=O) groups is 1. The lowest BCUT2D eigenvalue weighted by atomic mass is 10.1. The summed E-state index contributed by atoms with van der Waals surface area (Å²) in [5.41, 5.74) is 1.12. The number of nitrogens with zero attached hydrogens (tertiary/aromatic N) is 1. The number of hydrogen-bond donors (Lipinski definition) is 0. The Balaban J connectivity index is 1.75. The van der Waals surface area contributed by atoms with Crippen molar-refractivity contribution in [1.82, 2.24) is 0 Å². The Bertz CT molecular complexity index is 943. The van der Waals surface area contributed by atoms with Gasteiger partial charge in [-0.3, -0.25) is 10.1 Å². The number of nitro benzene ring substituents is 1. The lowest BCUT2D eigenvalue weighted by Crippen LogP contribution is -2.15. The molecule has 0 spiro atoms. The van der Waals surface area contributed by atoms with Crippen LogP contribution >= 0.6 is 0 Å². The van der Waals surface area contributed by atoms with E-state index in [1.54, 1.807) is 18.2 Å². The van der Waals surface area contributed by atoms with E-state index in [1.807, 2.05) is 6.92 Å². The lowest BCUT2D eigenvalue weighted by Gasteiger charge is -2.20. The summed E-state index contributed by atoms with van der Waals surface area (Å²) in [6, 6.07) is 7.58. The van der Waals surface area contributed by atoms with Crippen molar-refractivity contribution in [2.24, 2.45) is 0 Å². The maximum atomic E-state index is 12.6. The third kappa shape index (κ3) is 5.64. The fourth-order valence-electron chi connectivity index (χ4n) is 3.07. The van der Waals surface area contributed by atoms with Crippen LogP contribution in [0.15, 0.2) is 30.3 Å². The van der Waals surface area contributed by atoms with E-state index in [0.29, 0.717) is 41.6 Å². The summed E-state index contributed by atoms with van der Waals surface area (Å²) in [7, 11) is 0. The molecule has 9 heteroatoms. The third-order valence-corrected chi connectivity index (χ3v) is 4.58. The predicted octanol–water partition coefficient (Wildman–Crippen LogP) is 4.40. The molecule has 2 aromatic rings. The Hall–Kier alpha value is -3.33. The van der Waals surface area contributed by atoms with Crippen LogP contribution < -0.4 is 14.2 Å². The van der Waals surface area contributed by atoms with Crippen molar-refractivity contribution in [2.75, 3.05) is 20.0 Å². The molecule has 1 heterocycles. The molecule has 166 valence electrons. The molecular formula is C22H25NO8. The minimum Gasteiger partial charge on any atom is -0.490 e. The van der Waals surface area contributed by atoms with E-state index in [2.05, 4.69) is 6.92 Å². The topological polar surface area (TPSA) is 106 Å². The van der Waals surface area contributed by atoms with Gasteiger partial charge in [0.15, 0.2) is 18.3 Å². The first kappa shape index (κ1) is 22.4. The molecule has 0 bridgehead atoms. The predicted molar refractivity (Wildman–Crippen MR) is 111 cm³/mol. The van der Waals surface area contributed by atoms with Crippen LogP contribution in [-0.2, 0) is 22.7 Å². The molecule has 1 aliphatic rings. The van der Waals surface area contributed by atoms with Crippen LogP contribution in [0.3, 0.4) is 0 Å². The minimum atomic E-state index is -0.589. The van der Waals surface area contributed by atoms with Gasteiger partial charge in [0.1, 0.15) is 12.4 Å². The van der Waals surface area contributed by atoms with E-state index in [-0.39, 0.29) is 31.3 Å². The van der Waals surface area contributed by atoms with Crippen LogP contribution in [0.25, 0.3) is 0 Å². The standard InChI is InChI=1S/C22H25NO8/c1-3-5-8-29-19-7-6-15(11-20(19)28-4-2)22(24)30-13-17-10-18(23(25)26)9-16-12-27-14-31-21(16)17/h6-7,9-11H,3-5,8,12-14H2,1-2H3. The molecule has 0 atom stereocenters. The summed E-state index contributed by atoms with van der Waals surface area (Å²) in [5.74, 6) is 0.877. The molecule has 0 fully saturated rings. The summed E-state index contributed by atoms with van der Waals surface area (Å²) in [6.07, 6.45) is 1.92. The number of unbranched alkanes of at least 4 members (excludes halogenated alkanes) is 1. The zero-order valence-corrected chi connectivity index (χ0v) is 17.5. The Morgan fingerprint density at radius 2 is 2.00 bits per heavy atom. The van der Waals surface area contributed by atoms with E-state index in [1.165, 1.54) is 12.1 Å². The van der Waals surface area contributed by atoms with E-state index in [4.69, 9.17) is 23.7 Å². The highest BCUT2D eigenvalue weighted by atomic mass is 16.7. The van der Waals surface area contributed by atoms with Crippen molar-refractivity contribution in [3.8, 4) is 17.2 Å². The molecule has 31 heavy (non-hydrogen) atoms. The average molecular weight is 431 g/mol. The highest BCUT2D eigenvalue weighted by Gasteiger charge is 2.22. The normalized spacial score (nSPS) is 12.5. The number of esters is 1. The van der Waals surface area contributed by atoms with Crippen LogP contribution in [-0.4, -0.2) is 30.9 Å². The van der Waals surface area contributed by atoms with E-state index >= 15 is 0 Å². The SMILES string of the molecule is CCCCOc1ccc(C(=O)OCc2cc([N+](=O)[O-])cc3c2OCOC3)cc1OCC. The average Bonchev–Trinajstić information content (AvgIpc) is 2.78. The third-order valence-electron chi connectivity index (χ3n) is 4.58. The lowest BCUT2D eigenvalue weighted by molar-refractivity contribution is -0.385. The van der Waals surface area contributed by atoms with Gasteiger partial charge in [0, 0.05) is 23.3 Å². The Kier molecular flexibility index (Phi) is 7.66. The van der Waals surface area contributed by atoms with Crippen LogP contribution in [0.4, 0.5) is 5.69 Å². The van der Waals surface area contributed by atoms with Crippen LogP contribution in [0.1, 0.15) is 48.2 Å². The number of non-ortho nitro benzene ring substituents is 1. The smallest absolute Gasteiger partial charge is 0.338 e. The van der Waals surface area contributed by atoms with Crippen molar-refractivity contribution in [3.05, 3.63) is 57.1 Å². The molecule has 2 aromatic carbocycles. The number of ether oxygens (including phenoxy) is 5. The molecule has 0 radical (unpaired) electrons. The number of benzene rings is 2. The summed E-state index contributed by atoms with van der Waals surface area (Å²) in [5, 5.41) is 11.2. The zero-order valence-electron chi connectivity index (χ0n) is 17.5. The molecule has 0 unspecified atom stereocenters. The fourth-order valence-corrected chi connectivity index (χ4v) is 3.07. The zero-order chi connectivity index (χ0) is 22.2. The maximum absolute atomic E-state index is 12.6. The van der Waals surface area contributed by atoms with Gasteiger partial charge in [-0.05, 0) is 31.5 Å². The van der Waals surface area contributed by atoms with Crippen molar-refractivity contribution in [1.29, 1.82) is 0 Å². The molecule has 0 amide bonds. The molecule has 0 aliphatic carbocycles. The minimum absolute atomic E-state index is 0.0307. The monoisotopic (exact) mass is 431 g/mol. The van der Waals surface area contributed by atoms with Gasteiger partial charge in [-0.25, -0.2) is 4.79 Å². The number of rotatable bonds is 10. The number of hydrogen-bond acceptors (Lipinski definition) is 8. The van der Waals surface area contributed by atoms with Gasteiger partial charge in [-0.1, -0.05) is 13.3 Å². The van der Waals surface area contributed by atoms with Gasteiger partial charge in [-0.15, -0.1) is 0 Å². The number of carbonyl (C=O) groups excluding carboxylic acids is 1. The fraction of sp³-hybridized carbons (Fsp3) is 0.409. The largest absolute Gasteiger partial charge is 0.490 e. The summed E-state index contributed by atoms with van der Waals surface area (Å²) in [6.45, 7) is 4.93. The molecule has 0 N–H and O–H groups in total. The second kappa shape index (κ2) is 10.6. The summed E-state index contributed by atoms with van der Waals surface area (Å²) in [4.78, 5) is 23.3. The first-order valence-corrected chi connectivity index (χ1v) is 10.1. The number of nitro groups is 1. The first-order valence-electron chi connectivity index (χ1n) is 10.1. The van der Waals surface area contributed by atoms with Crippen molar-refractivity contribution in [3.63, 3.8) is 0 Å². The molecule has 1 aliphatic heterocycles. The second-order valence-electron chi connectivity index (χ2n) is 6.83. The van der Waals surface area contributed by atoms with Gasteiger partial charge in [0.25, 0.3) is 5.69 Å². The van der Waals surface area contributed by atoms with Gasteiger partial charge in [-0.2, -0.15) is 0 Å². The van der Waals surface area contributed by atoms with Gasteiger partial charge >= 0.3 is 5.97 Å². The van der Waals surface area contributed by atoms with E-state index in [0.717, 1.165) is 12.8 Å². The molecule has 0 aromatic heterocycles. The Morgan fingerprint density at radius 3 is 2.74 bits per heavy atom. The van der Waals surface area contributed by atoms with Crippen molar-refractivity contribution >= 4 is 11.7 Å². The van der Waals surface area contributed by atoms with Crippen molar-refractivity contribution < 1.29 is 33.4 Å². The highest BCUT2D eigenvalue weighted by molar-refractivity contribution is 5.90. The van der Waals surface area contributed by atoms with Crippen LogP contribution in [0.2, 0.25) is 0 Å². The van der Waals surface area contributed by atoms with Gasteiger partial charge < -0.3 is 23.7 Å². The summed E-state index contributed by atoms with van der Waals surface area (Å²) >= 11 is 0. The van der Waals surface area contributed by atoms with Crippen LogP contribution in [0.5, 0.6) is 17.2 Å². The maximum Gasteiger partial charge on any atom is 0.338 e. The Labute approximate surface area is 180 Å². The van der Waals surface area contributed by atoms with E-state index < -0.39 is 10.9 Å². The van der Waals surface area contributed by atoms with Gasteiger partial charge in [0.2, 0.25) is 0 Å². The molecule has 0 saturated heterocycles. The Morgan fingerprint density at radius 1 is 1.16 bits per heavy atom. The molecule has 9 nitrogen and oxygen atoms in total. The van der Waals surface area contributed by atoms with Gasteiger partial charge in [0.05, 0.1) is 30.3 Å².